The predicted octanol–water partition coefficient (Wildman–Crippen LogP) is 4.11. The normalized spacial score (nSPS) is 13.1. The van der Waals surface area contributed by atoms with E-state index in [0.29, 0.717) is 16.5 Å². The summed E-state index contributed by atoms with van der Waals surface area (Å²) in [7, 11) is 0. The number of nitrogens with zero attached hydrogens (tertiary/aromatic N) is 1. The highest BCUT2D eigenvalue weighted by molar-refractivity contribution is 6.09. The number of fused-ring (bicyclic) bond motifs is 1. The van der Waals surface area contributed by atoms with E-state index in [-0.39, 0.29) is 5.91 Å². The number of carboxylic acid groups (broad SMARTS) is 1. The van der Waals surface area contributed by atoms with Gasteiger partial charge in [-0.05, 0) is 32.4 Å². The molecule has 2 atom stereocenters. The Kier molecular flexibility index (Phi) is 5.55. The van der Waals surface area contributed by atoms with Gasteiger partial charge in [0, 0.05) is 18.5 Å². The summed E-state index contributed by atoms with van der Waals surface area (Å²) in [5.74, 6) is -2.45. The van der Waals surface area contributed by atoms with Crippen LogP contribution in [0.15, 0.2) is 48.7 Å². The number of nitrogens with one attached hydrogen (secondary N) is 1. The lowest BCUT2D eigenvalue weighted by atomic mass is 9.92. The van der Waals surface area contributed by atoms with Crippen LogP contribution in [0.2, 0.25) is 0 Å². The summed E-state index contributed by atoms with van der Waals surface area (Å²) in [4.78, 5) is 36.8. The highest BCUT2D eigenvalue weighted by Crippen LogP contribution is 2.27. The van der Waals surface area contributed by atoms with Crippen molar-refractivity contribution in [3.05, 3.63) is 70.9 Å². The molecule has 3 rings (SSSR count). The number of aliphatic carboxylic acids is 1. The summed E-state index contributed by atoms with van der Waals surface area (Å²) in [5, 5.41) is 13.1. The second-order valence-corrected chi connectivity index (χ2v) is 7.45. The molecule has 0 fully saturated rings. The molecule has 1 heterocycles. The summed E-state index contributed by atoms with van der Waals surface area (Å²) < 4.78 is 1.43. The van der Waals surface area contributed by atoms with E-state index in [4.69, 9.17) is 0 Å². The van der Waals surface area contributed by atoms with Crippen molar-refractivity contribution in [1.29, 1.82) is 0 Å². The topological polar surface area (TPSA) is 88.4 Å². The number of carboxylic acids is 1. The molecule has 0 saturated carbocycles. The van der Waals surface area contributed by atoms with Crippen molar-refractivity contribution in [2.75, 3.05) is 0 Å². The van der Waals surface area contributed by atoms with E-state index in [1.165, 1.54) is 17.7 Å². The highest BCUT2D eigenvalue weighted by Gasteiger charge is 2.28. The van der Waals surface area contributed by atoms with Crippen molar-refractivity contribution in [1.82, 2.24) is 9.88 Å². The fourth-order valence-corrected chi connectivity index (χ4v) is 3.67. The average molecular weight is 392 g/mol. The minimum atomic E-state index is -0.999. The van der Waals surface area contributed by atoms with Gasteiger partial charge >= 0.3 is 5.97 Å². The first-order valence-corrected chi connectivity index (χ1v) is 9.42. The standard InChI is InChI=1S/C23H24N2O4/c1-13-9-14(2)11-17(10-13)21(15(3)23(28)29)24-22(27)19-12-25(16(4)26)20-8-6-5-7-18(19)20/h5-12,15,21H,1-4H3,(H,24,27)(H,28,29). The molecule has 0 aliphatic carbocycles. The van der Waals surface area contributed by atoms with Gasteiger partial charge in [0.1, 0.15) is 0 Å². The minimum absolute atomic E-state index is 0.204. The fraction of sp³-hybridized carbons (Fsp3) is 0.261. The van der Waals surface area contributed by atoms with Crippen LogP contribution in [0.3, 0.4) is 0 Å². The summed E-state index contributed by atoms with van der Waals surface area (Å²) in [6, 6.07) is 12.2. The Morgan fingerprint density at radius 3 is 2.24 bits per heavy atom. The quantitative estimate of drug-likeness (QED) is 0.684. The van der Waals surface area contributed by atoms with Gasteiger partial charge in [0.05, 0.1) is 23.0 Å². The van der Waals surface area contributed by atoms with Crippen molar-refractivity contribution in [2.24, 2.45) is 5.92 Å². The van der Waals surface area contributed by atoms with E-state index in [9.17, 15) is 19.5 Å². The Morgan fingerprint density at radius 2 is 1.66 bits per heavy atom. The van der Waals surface area contributed by atoms with Crippen molar-refractivity contribution in [2.45, 2.75) is 33.7 Å². The van der Waals surface area contributed by atoms with Crippen LogP contribution in [0.4, 0.5) is 0 Å². The molecule has 2 N–H and O–H groups in total. The lowest BCUT2D eigenvalue weighted by molar-refractivity contribution is -0.142. The van der Waals surface area contributed by atoms with Crippen LogP contribution in [0.5, 0.6) is 0 Å². The monoisotopic (exact) mass is 392 g/mol. The van der Waals surface area contributed by atoms with Gasteiger partial charge < -0.3 is 10.4 Å². The molecule has 2 unspecified atom stereocenters. The lowest BCUT2D eigenvalue weighted by Gasteiger charge is -2.23. The number of amides is 1. The lowest BCUT2D eigenvalue weighted by Crippen LogP contribution is -2.35. The van der Waals surface area contributed by atoms with Crippen LogP contribution in [0, 0.1) is 19.8 Å². The molecule has 0 radical (unpaired) electrons. The van der Waals surface area contributed by atoms with Crippen LogP contribution in [0.1, 0.15) is 51.7 Å². The van der Waals surface area contributed by atoms with E-state index in [1.807, 2.05) is 32.0 Å². The van der Waals surface area contributed by atoms with Crippen molar-refractivity contribution in [3.8, 4) is 0 Å². The van der Waals surface area contributed by atoms with Gasteiger partial charge in [-0.1, -0.05) is 47.5 Å². The number of rotatable bonds is 5. The SMILES string of the molecule is CC(=O)n1cc(C(=O)NC(c2cc(C)cc(C)c2)C(C)C(=O)O)c2ccccc21. The fourth-order valence-electron chi connectivity index (χ4n) is 3.67. The Bertz CT molecular complexity index is 1090. The van der Waals surface area contributed by atoms with Crippen LogP contribution >= 0.6 is 0 Å². The van der Waals surface area contributed by atoms with Crippen LogP contribution < -0.4 is 5.32 Å². The summed E-state index contributed by atoms with van der Waals surface area (Å²) >= 11 is 0. The number of benzene rings is 2. The highest BCUT2D eigenvalue weighted by atomic mass is 16.4. The van der Waals surface area contributed by atoms with E-state index in [0.717, 1.165) is 16.7 Å². The molecular formula is C23H24N2O4. The van der Waals surface area contributed by atoms with Crippen molar-refractivity contribution in [3.63, 3.8) is 0 Å². The third kappa shape index (κ3) is 4.06. The molecule has 2 aromatic carbocycles. The zero-order valence-electron chi connectivity index (χ0n) is 16.9. The van der Waals surface area contributed by atoms with E-state index in [1.54, 1.807) is 31.2 Å². The van der Waals surface area contributed by atoms with Crippen LogP contribution in [0.25, 0.3) is 10.9 Å². The number of para-hydroxylation sites is 1. The van der Waals surface area contributed by atoms with Gasteiger partial charge in [0.25, 0.3) is 5.91 Å². The Labute approximate surface area is 169 Å². The molecule has 0 aliphatic rings. The van der Waals surface area contributed by atoms with Gasteiger partial charge in [-0.25, -0.2) is 0 Å². The smallest absolute Gasteiger partial charge is 0.308 e. The molecule has 6 nitrogen and oxygen atoms in total. The number of carbonyl (C=O) groups is 3. The number of hydrogen-bond acceptors (Lipinski definition) is 3. The number of hydrogen-bond donors (Lipinski definition) is 2. The van der Waals surface area contributed by atoms with Gasteiger partial charge in [-0.15, -0.1) is 0 Å². The second-order valence-electron chi connectivity index (χ2n) is 7.45. The molecule has 1 amide bonds. The maximum absolute atomic E-state index is 13.1. The van der Waals surface area contributed by atoms with Gasteiger partial charge in [0.2, 0.25) is 5.91 Å². The zero-order chi connectivity index (χ0) is 21.3. The minimum Gasteiger partial charge on any atom is -0.481 e. The largest absolute Gasteiger partial charge is 0.481 e. The van der Waals surface area contributed by atoms with E-state index >= 15 is 0 Å². The molecule has 0 aliphatic heterocycles. The predicted molar refractivity (Wildman–Crippen MR) is 111 cm³/mol. The summed E-state index contributed by atoms with van der Waals surface area (Å²) in [6.07, 6.45) is 1.51. The molecular weight excluding hydrogens is 368 g/mol. The molecule has 150 valence electrons. The average Bonchev–Trinajstić information content (AvgIpc) is 3.04. The van der Waals surface area contributed by atoms with Crippen LogP contribution in [-0.2, 0) is 4.79 Å². The molecule has 3 aromatic rings. The van der Waals surface area contributed by atoms with Gasteiger partial charge in [-0.2, -0.15) is 0 Å². The maximum atomic E-state index is 13.1. The third-order valence-electron chi connectivity index (χ3n) is 5.08. The second kappa shape index (κ2) is 7.91. The summed E-state index contributed by atoms with van der Waals surface area (Å²) in [5.41, 5.74) is 3.69. The third-order valence-corrected chi connectivity index (χ3v) is 5.08. The van der Waals surface area contributed by atoms with Gasteiger partial charge in [0.15, 0.2) is 0 Å². The van der Waals surface area contributed by atoms with Crippen molar-refractivity contribution < 1.29 is 19.5 Å². The number of aryl methyl sites for hydroxylation is 2. The van der Waals surface area contributed by atoms with E-state index < -0.39 is 23.8 Å². The van der Waals surface area contributed by atoms with Crippen LogP contribution in [-0.4, -0.2) is 27.5 Å². The maximum Gasteiger partial charge on any atom is 0.308 e. The Balaban J connectivity index is 2.04. The first-order chi connectivity index (χ1) is 13.7. The first-order valence-electron chi connectivity index (χ1n) is 9.42. The molecule has 1 aromatic heterocycles. The zero-order valence-corrected chi connectivity index (χ0v) is 16.9. The first kappa shape index (κ1) is 20.3. The van der Waals surface area contributed by atoms with Gasteiger partial charge in [-0.3, -0.25) is 19.0 Å². The van der Waals surface area contributed by atoms with Crippen molar-refractivity contribution >= 4 is 28.7 Å². The Morgan fingerprint density at radius 1 is 1.03 bits per heavy atom. The summed E-state index contributed by atoms with van der Waals surface area (Å²) in [6.45, 7) is 6.87. The van der Waals surface area contributed by atoms with E-state index in [2.05, 4.69) is 5.32 Å². The number of carbonyl (C=O) groups excluding carboxylic acids is 2. The molecule has 6 heteroatoms. The molecule has 0 bridgehead atoms. The molecule has 0 saturated heterocycles. The Hall–Kier alpha value is -3.41. The number of aromatic nitrogens is 1. The molecule has 29 heavy (non-hydrogen) atoms. The molecule has 0 spiro atoms.